The van der Waals surface area contributed by atoms with Gasteiger partial charge in [-0.25, -0.2) is 14.2 Å². The zero-order valence-electron chi connectivity index (χ0n) is 10.4. The number of halogens is 2. The van der Waals surface area contributed by atoms with Gasteiger partial charge in [-0.1, -0.05) is 11.6 Å². The average Bonchev–Trinajstić information content (AvgIpc) is 2.71. The van der Waals surface area contributed by atoms with Crippen molar-refractivity contribution >= 4 is 28.9 Å². The fourth-order valence-electron chi connectivity index (χ4n) is 1.56. The number of nitrogens with zero attached hydrogens (tertiary/aromatic N) is 1. The molecule has 0 bridgehead atoms. The van der Waals surface area contributed by atoms with Crippen molar-refractivity contribution in [2.75, 3.05) is 6.61 Å². The molecule has 6 heteroatoms. The van der Waals surface area contributed by atoms with E-state index in [4.69, 9.17) is 16.3 Å². The molecule has 0 atom stereocenters. The van der Waals surface area contributed by atoms with Crippen molar-refractivity contribution in [1.29, 1.82) is 0 Å². The molecule has 0 aliphatic rings. The molecule has 0 aliphatic heterocycles. The maximum Gasteiger partial charge on any atom is 0.358 e. The number of thiazole rings is 1. The molecule has 0 saturated heterocycles. The number of carbonyl (C=O) groups excluding carboxylic acids is 1. The summed E-state index contributed by atoms with van der Waals surface area (Å²) in [5, 5.41) is 0.842. The van der Waals surface area contributed by atoms with E-state index in [-0.39, 0.29) is 10.7 Å². The van der Waals surface area contributed by atoms with Crippen molar-refractivity contribution in [3.05, 3.63) is 39.6 Å². The number of hydrogen-bond acceptors (Lipinski definition) is 4. The maximum atomic E-state index is 13.0. The third-order valence-corrected chi connectivity index (χ3v) is 3.74. The largest absolute Gasteiger partial charge is 0.461 e. The number of carbonyl (C=O) groups is 1. The Morgan fingerprint density at radius 2 is 2.26 bits per heavy atom. The van der Waals surface area contributed by atoms with Gasteiger partial charge in [0.15, 0.2) is 5.69 Å². The second-order valence-corrected chi connectivity index (χ2v) is 5.38. The van der Waals surface area contributed by atoms with Crippen molar-refractivity contribution in [2.45, 2.75) is 13.8 Å². The summed E-state index contributed by atoms with van der Waals surface area (Å²) in [6, 6.07) is 4.07. The first-order valence-electron chi connectivity index (χ1n) is 5.63. The molecule has 0 unspecified atom stereocenters. The molecule has 0 aliphatic carbocycles. The Hall–Kier alpha value is -1.46. The summed E-state index contributed by atoms with van der Waals surface area (Å²) in [6.45, 7) is 3.81. The first-order valence-corrected chi connectivity index (χ1v) is 6.82. The Balaban J connectivity index is 2.42. The molecule has 1 aromatic heterocycles. The average molecular weight is 300 g/mol. The monoisotopic (exact) mass is 299 g/mol. The summed E-state index contributed by atoms with van der Waals surface area (Å²) in [5.41, 5.74) is 0.883. The first-order chi connectivity index (χ1) is 9.02. The van der Waals surface area contributed by atoms with Crippen molar-refractivity contribution in [1.82, 2.24) is 4.98 Å². The van der Waals surface area contributed by atoms with Gasteiger partial charge in [0.05, 0.1) is 11.6 Å². The normalized spacial score (nSPS) is 10.5. The number of aromatic nitrogens is 1. The van der Waals surface area contributed by atoms with Crippen LogP contribution in [0, 0.1) is 12.7 Å². The van der Waals surface area contributed by atoms with E-state index in [1.807, 2.05) is 0 Å². The number of hydrogen-bond donors (Lipinski definition) is 0. The summed E-state index contributed by atoms with van der Waals surface area (Å²) >= 11 is 7.30. The molecule has 0 amide bonds. The molecular formula is C13H11ClFNO2S. The molecule has 1 aromatic carbocycles. The molecule has 2 rings (SSSR count). The van der Waals surface area contributed by atoms with Crippen LogP contribution in [0.15, 0.2) is 18.2 Å². The number of aryl methyl sites for hydroxylation is 1. The Morgan fingerprint density at radius 1 is 1.53 bits per heavy atom. The van der Waals surface area contributed by atoms with E-state index >= 15 is 0 Å². The van der Waals surface area contributed by atoms with Crippen LogP contribution in [-0.2, 0) is 4.74 Å². The van der Waals surface area contributed by atoms with Gasteiger partial charge in [-0.3, -0.25) is 0 Å². The second-order valence-electron chi connectivity index (χ2n) is 3.77. The van der Waals surface area contributed by atoms with Crippen LogP contribution < -0.4 is 0 Å². The molecule has 2 aromatic rings. The zero-order chi connectivity index (χ0) is 14.0. The summed E-state index contributed by atoms with van der Waals surface area (Å²) in [4.78, 5) is 16.6. The van der Waals surface area contributed by atoms with Crippen LogP contribution in [0.1, 0.15) is 22.3 Å². The number of rotatable bonds is 3. The molecule has 0 fully saturated rings. The standard InChI is InChI=1S/C13H11ClFNO2S/c1-3-18-13(17)11-7(2)19-12(16-11)9-5-4-8(15)6-10(9)14/h4-6H,3H2,1-2H3. The molecule has 0 radical (unpaired) electrons. The summed E-state index contributed by atoms with van der Waals surface area (Å²) in [6.07, 6.45) is 0. The third kappa shape index (κ3) is 2.93. The van der Waals surface area contributed by atoms with Crippen LogP contribution in [0.4, 0.5) is 4.39 Å². The van der Waals surface area contributed by atoms with E-state index in [1.54, 1.807) is 19.9 Å². The van der Waals surface area contributed by atoms with Gasteiger partial charge in [-0.05, 0) is 32.0 Å². The zero-order valence-corrected chi connectivity index (χ0v) is 11.9. The van der Waals surface area contributed by atoms with Crippen LogP contribution in [0.3, 0.4) is 0 Å². The van der Waals surface area contributed by atoms with Crippen molar-refractivity contribution in [3.63, 3.8) is 0 Å². The lowest BCUT2D eigenvalue weighted by molar-refractivity contribution is 0.0519. The Morgan fingerprint density at radius 3 is 2.89 bits per heavy atom. The van der Waals surface area contributed by atoms with E-state index in [1.165, 1.54) is 23.5 Å². The van der Waals surface area contributed by atoms with Gasteiger partial charge in [0, 0.05) is 10.4 Å². The molecule has 0 saturated carbocycles. The van der Waals surface area contributed by atoms with Crippen LogP contribution in [0.25, 0.3) is 10.6 Å². The Kier molecular flexibility index (Phi) is 4.17. The SMILES string of the molecule is CCOC(=O)c1nc(-c2ccc(F)cc2Cl)sc1C. The first kappa shape index (κ1) is 14.0. The van der Waals surface area contributed by atoms with E-state index < -0.39 is 11.8 Å². The van der Waals surface area contributed by atoms with Gasteiger partial charge < -0.3 is 4.74 Å². The van der Waals surface area contributed by atoms with Crippen LogP contribution in [-0.4, -0.2) is 17.6 Å². The minimum atomic E-state index is -0.458. The summed E-state index contributed by atoms with van der Waals surface area (Å²) in [5.74, 6) is -0.867. The molecule has 0 spiro atoms. The molecular weight excluding hydrogens is 289 g/mol. The Bertz CT molecular complexity index is 627. The fourth-order valence-corrected chi connectivity index (χ4v) is 2.82. The van der Waals surface area contributed by atoms with E-state index in [0.29, 0.717) is 17.2 Å². The van der Waals surface area contributed by atoms with Gasteiger partial charge in [0.1, 0.15) is 10.8 Å². The van der Waals surface area contributed by atoms with Crippen LogP contribution >= 0.6 is 22.9 Å². The highest BCUT2D eigenvalue weighted by molar-refractivity contribution is 7.15. The topological polar surface area (TPSA) is 39.2 Å². The third-order valence-electron chi connectivity index (χ3n) is 2.43. The second kappa shape index (κ2) is 5.67. The van der Waals surface area contributed by atoms with Crippen molar-refractivity contribution < 1.29 is 13.9 Å². The fraction of sp³-hybridized carbons (Fsp3) is 0.231. The molecule has 19 heavy (non-hydrogen) atoms. The summed E-state index contributed by atoms with van der Waals surface area (Å²) < 4.78 is 17.9. The molecule has 3 nitrogen and oxygen atoms in total. The van der Waals surface area contributed by atoms with E-state index in [2.05, 4.69) is 4.98 Å². The number of esters is 1. The highest BCUT2D eigenvalue weighted by Gasteiger charge is 2.18. The van der Waals surface area contributed by atoms with Gasteiger partial charge in [-0.15, -0.1) is 11.3 Å². The minimum Gasteiger partial charge on any atom is -0.461 e. The van der Waals surface area contributed by atoms with E-state index in [9.17, 15) is 9.18 Å². The number of benzene rings is 1. The van der Waals surface area contributed by atoms with Gasteiger partial charge in [0.2, 0.25) is 0 Å². The predicted molar refractivity (Wildman–Crippen MR) is 73.2 cm³/mol. The minimum absolute atomic E-state index is 0.268. The quantitative estimate of drug-likeness (QED) is 0.801. The van der Waals surface area contributed by atoms with Crippen LogP contribution in [0.2, 0.25) is 5.02 Å². The summed E-state index contributed by atoms with van der Waals surface area (Å²) in [7, 11) is 0. The highest BCUT2D eigenvalue weighted by atomic mass is 35.5. The predicted octanol–water partition coefficient (Wildman–Crippen LogP) is 4.09. The lowest BCUT2D eigenvalue weighted by Gasteiger charge is -2.00. The smallest absolute Gasteiger partial charge is 0.358 e. The highest BCUT2D eigenvalue weighted by Crippen LogP contribution is 2.33. The Labute approximate surface area is 119 Å². The lowest BCUT2D eigenvalue weighted by Crippen LogP contribution is -2.06. The van der Waals surface area contributed by atoms with Crippen LogP contribution in [0.5, 0.6) is 0 Å². The van der Waals surface area contributed by atoms with Crippen molar-refractivity contribution in [2.24, 2.45) is 0 Å². The van der Waals surface area contributed by atoms with E-state index in [0.717, 1.165) is 4.88 Å². The molecule has 0 N–H and O–H groups in total. The lowest BCUT2D eigenvalue weighted by atomic mass is 10.2. The molecule has 1 heterocycles. The van der Waals surface area contributed by atoms with Gasteiger partial charge in [-0.2, -0.15) is 0 Å². The maximum absolute atomic E-state index is 13.0. The van der Waals surface area contributed by atoms with Gasteiger partial charge >= 0.3 is 5.97 Å². The van der Waals surface area contributed by atoms with Crippen molar-refractivity contribution in [3.8, 4) is 10.6 Å². The molecule has 100 valence electrons. The number of ether oxygens (including phenoxy) is 1. The van der Waals surface area contributed by atoms with Gasteiger partial charge in [0.25, 0.3) is 0 Å².